The van der Waals surface area contributed by atoms with Crippen molar-refractivity contribution in [3.8, 4) is 22.1 Å². The van der Waals surface area contributed by atoms with Crippen molar-refractivity contribution in [2.75, 3.05) is 44.1 Å². The molecular formula is C24H27N3O3S2. The molecule has 3 aromatic rings. The highest BCUT2D eigenvalue weighted by Gasteiger charge is 2.13. The lowest BCUT2D eigenvalue weighted by Crippen LogP contribution is -2.31. The second kappa shape index (κ2) is 10.8. The lowest BCUT2D eigenvalue weighted by atomic mass is 10.1. The number of hydrogen-bond acceptors (Lipinski definition) is 7. The number of ether oxygens (including phenoxy) is 2. The van der Waals surface area contributed by atoms with Crippen LogP contribution >= 0.6 is 23.1 Å². The van der Waals surface area contributed by atoms with Crippen LogP contribution in [0.15, 0.2) is 47.8 Å². The third kappa shape index (κ3) is 5.82. The van der Waals surface area contributed by atoms with Crippen molar-refractivity contribution in [1.29, 1.82) is 0 Å². The lowest BCUT2D eigenvalue weighted by molar-refractivity contribution is -0.115. The predicted octanol–water partition coefficient (Wildman–Crippen LogP) is 4.56. The van der Waals surface area contributed by atoms with Crippen LogP contribution in [0, 0.1) is 0 Å². The number of hydrogen-bond donors (Lipinski definition) is 1. The van der Waals surface area contributed by atoms with Crippen LogP contribution in [0.3, 0.4) is 0 Å². The summed E-state index contributed by atoms with van der Waals surface area (Å²) in [7, 11) is 3.22. The van der Waals surface area contributed by atoms with Gasteiger partial charge in [-0.3, -0.25) is 9.69 Å². The number of nitrogens with zero attached hydrogens (tertiary/aromatic N) is 2. The van der Waals surface area contributed by atoms with Gasteiger partial charge in [0, 0.05) is 47.8 Å². The average molecular weight is 470 g/mol. The van der Waals surface area contributed by atoms with Gasteiger partial charge < -0.3 is 14.8 Å². The zero-order valence-electron chi connectivity index (χ0n) is 18.3. The van der Waals surface area contributed by atoms with Gasteiger partial charge in [-0.2, -0.15) is 11.8 Å². The van der Waals surface area contributed by atoms with Gasteiger partial charge in [-0.05, 0) is 35.9 Å². The summed E-state index contributed by atoms with van der Waals surface area (Å²) < 4.78 is 10.7. The number of methoxy groups -OCH3 is 2. The molecule has 0 atom stereocenters. The standard InChI is InChI=1S/C24H27N3O3S2/c1-29-21-7-6-18(13-22(21)30-2)24-26-20(16-32-24)14-23(28)25-19-5-3-4-17(12-19)15-27-8-10-31-11-9-27/h3-7,12-13,16H,8-11,14-15H2,1-2H3,(H,25,28). The summed E-state index contributed by atoms with van der Waals surface area (Å²) in [5.41, 5.74) is 3.73. The number of carbonyl (C=O) groups is 1. The maximum absolute atomic E-state index is 12.6. The highest BCUT2D eigenvalue weighted by atomic mass is 32.2. The average Bonchev–Trinajstić information content (AvgIpc) is 3.27. The van der Waals surface area contributed by atoms with Crippen molar-refractivity contribution in [3.63, 3.8) is 0 Å². The number of thiazole rings is 1. The molecule has 1 fully saturated rings. The first-order valence-corrected chi connectivity index (χ1v) is 12.5. The van der Waals surface area contributed by atoms with Crippen molar-refractivity contribution < 1.29 is 14.3 Å². The first-order valence-electron chi connectivity index (χ1n) is 10.5. The van der Waals surface area contributed by atoms with E-state index in [4.69, 9.17) is 9.47 Å². The monoisotopic (exact) mass is 469 g/mol. The van der Waals surface area contributed by atoms with E-state index in [2.05, 4.69) is 27.3 Å². The highest BCUT2D eigenvalue weighted by molar-refractivity contribution is 7.99. The van der Waals surface area contributed by atoms with E-state index < -0.39 is 0 Å². The molecule has 0 radical (unpaired) electrons. The third-order valence-electron chi connectivity index (χ3n) is 5.24. The third-order valence-corrected chi connectivity index (χ3v) is 7.13. The molecule has 1 aliphatic heterocycles. The fourth-order valence-electron chi connectivity index (χ4n) is 3.62. The van der Waals surface area contributed by atoms with Gasteiger partial charge in [0.1, 0.15) is 5.01 Å². The molecule has 0 bridgehead atoms. The summed E-state index contributed by atoms with van der Waals surface area (Å²) in [6.07, 6.45) is 0.233. The van der Waals surface area contributed by atoms with Crippen LogP contribution in [0.4, 0.5) is 5.69 Å². The summed E-state index contributed by atoms with van der Waals surface area (Å²) in [5, 5.41) is 5.79. The molecule has 0 unspecified atom stereocenters. The number of carbonyl (C=O) groups excluding carboxylic acids is 1. The Kier molecular flexibility index (Phi) is 7.68. The SMILES string of the molecule is COc1ccc(-c2nc(CC(=O)Nc3cccc(CN4CCSCC4)c3)cs2)cc1OC. The maximum Gasteiger partial charge on any atom is 0.230 e. The van der Waals surface area contributed by atoms with Gasteiger partial charge >= 0.3 is 0 Å². The molecule has 1 aromatic heterocycles. The molecule has 8 heteroatoms. The van der Waals surface area contributed by atoms with Gasteiger partial charge in [-0.25, -0.2) is 4.98 Å². The number of amides is 1. The first-order chi connectivity index (χ1) is 15.6. The zero-order valence-corrected chi connectivity index (χ0v) is 19.9. The molecule has 2 heterocycles. The second-order valence-corrected chi connectivity index (χ2v) is 9.61. The summed E-state index contributed by atoms with van der Waals surface area (Å²) >= 11 is 3.52. The predicted molar refractivity (Wildman–Crippen MR) is 132 cm³/mol. The van der Waals surface area contributed by atoms with Crippen molar-refractivity contribution in [1.82, 2.24) is 9.88 Å². The van der Waals surface area contributed by atoms with Crippen LogP contribution in [0.5, 0.6) is 11.5 Å². The Balaban J connectivity index is 1.37. The summed E-state index contributed by atoms with van der Waals surface area (Å²) in [4.78, 5) is 19.7. The molecule has 1 aliphatic rings. The molecule has 32 heavy (non-hydrogen) atoms. The van der Waals surface area contributed by atoms with Gasteiger partial charge in [0.05, 0.1) is 26.3 Å². The van der Waals surface area contributed by atoms with Gasteiger partial charge in [0.15, 0.2) is 11.5 Å². The van der Waals surface area contributed by atoms with E-state index in [1.54, 1.807) is 14.2 Å². The Morgan fingerprint density at radius 1 is 1.09 bits per heavy atom. The smallest absolute Gasteiger partial charge is 0.230 e. The van der Waals surface area contributed by atoms with Gasteiger partial charge in [0.25, 0.3) is 0 Å². The molecule has 1 saturated heterocycles. The molecule has 1 N–H and O–H groups in total. The number of anilines is 1. The number of rotatable bonds is 8. The zero-order chi connectivity index (χ0) is 22.3. The first kappa shape index (κ1) is 22.6. The minimum absolute atomic E-state index is 0.0688. The Bertz CT molecular complexity index is 1060. The summed E-state index contributed by atoms with van der Waals surface area (Å²) in [5.74, 6) is 3.64. The van der Waals surface area contributed by atoms with Crippen LogP contribution in [-0.4, -0.2) is 54.6 Å². The summed E-state index contributed by atoms with van der Waals surface area (Å²) in [6, 6.07) is 13.8. The maximum atomic E-state index is 12.6. The molecule has 2 aromatic carbocycles. The quantitative estimate of drug-likeness (QED) is 0.522. The van der Waals surface area contributed by atoms with E-state index in [1.807, 2.05) is 47.5 Å². The molecule has 0 spiro atoms. The molecule has 1 amide bonds. The lowest BCUT2D eigenvalue weighted by Gasteiger charge is -2.26. The van der Waals surface area contributed by atoms with Crippen molar-refractivity contribution >= 4 is 34.7 Å². The molecule has 168 valence electrons. The highest BCUT2D eigenvalue weighted by Crippen LogP contribution is 2.33. The van der Waals surface area contributed by atoms with E-state index in [9.17, 15) is 4.79 Å². The molecular weight excluding hydrogens is 442 g/mol. The number of aromatic nitrogens is 1. The van der Waals surface area contributed by atoms with Crippen molar-refractivity contribution in [3.05, 3.63) is 59.1 Å². The van der Waals surface area contributed by atoms with Gasteiger partial charge in [-0.1, -0.05) is 12.1 Å². The largest absolute Gasteiger partial charge is 0.493 e. The van der Waals surface area contributed by atoms with Gasteiger partial charge in [-0.15, -0.1) is 11.3 Å². The van der Waals surface area contributed by atoms with Crippen molar-refractivity contribution in [2.45, 2.75) is 13.0 Å². The second-order valence-electron chi connectivity index (χ2n) is 7.53. The minimum Gasteiger partial charge on any atom is -0.493 e. The number of nitrogens with one attached hydrogen (secondary N) is 1. The van der Waals surface area contributed by atoms with Gasteiger partial charge in [0.2, 0.25) is 5.91 Å². The van der Waals surface area contributed by atoms with E-state index in [-0.39, 0.29) is 12.3 Å². The van der Waals surface area contributed by atoms with E-state index >= 15 is 0 Å². The molecule has 0 aliphatic carbocycles. The van der Waals surface area contributed by atoms with Crippen molar-refractivity contribution in [2.24, 2.45) is 0 Å². The van der Waals surface area contributed by atoms with Crippen LogP contribution < -0.4 is 14.8 Å². The number of benzene rings is 2. The van der Waals surface area contributed by atoms with Crippen LogP contribution in [0.1, 0.15) is 11.3 Å². The van der Waals surface area contributed by atoms with Crippen LogP contribution in [0.2, 0.25) is 0 Å². The van der Waals surface area contributed by atoms with E-state index in [0.29, 0.717) is 11.5 Å². The molecule has 4 rings (SSSR count). The molecule has 6 nitrogen and oxygen atoms in total. The summed E-state index contributed by atoms with van der Waals surface area (Å²) in [6.45, 7) is 3.16. The topological polar surface area (TPSA) is 63.7 Å². The minimum atomic E-state index is -0.0688. The fourth-order valence-corrected chi connectivity index (χ4v) is 5.42. The van der Waals surface area contributed by atoms with E-state index in [1.165, 1.54) is 28.4 Å². The number of thioether (sulfide) groups is 1. The van der Waals surface area contributed by atoms with Crippen LogP contribution in [0.25, 0.3) is 10.6 Å². The molecule has 0 saturated carbocycles. The Morgan fingerprint density at radius 3 is 2.69 bits per heavy atom. The Hall–Kier alpha value is -2.55. The Morgan fingerprint density at radius 2 is 1.91 bits per heavy atom. The Labute approximate surface area is 197 Å². The fraction of sp³-hybridized carbons (Fsp3) is 0.333. The normalized spacial score (nSPS) is 14.2. The van der Waals surface area contributed by atoms with Crippen LogP contribution in [-0.2, 0) is 17.8 Å². The van der Waals surface area contributed by atoms with E-state index in [0.717, 1.165) is 41.6 Å².